The van der Waals surface area contributed by atoms with Crippen molar-refractivity contribution in [3.63, 3.8) is 0 Å². The molecule has 0 atom stereocenters. The molecule has 0 aliphatic carbocycles. The van der Waals surface area contributed by atoms with Gasteiger partial charge in [-0.3, -0.25) is 4.98 Å². The minimum absolute atomic E-state index is 1.02. The molecule has 2 nitrogen and oxygen atoms in total. The van der Waals surface area contributed by atoms with Gasteiger partial charge in [0.15, 0.2) is 0 Å². The van der Waals surface area contributed by atoms with Gasteiger partial charge in [-0.05, 0) is 35.0 Å². The lowest BCUT2D eigenvalue weighted by Crippen LogP contribution is -1.70. The molecule has 5 heteroatoms. The minimum atomic E-state index is 1.02. The predicted octanol–water partition coefficient (Wildman–Crippen LogP) is 3.84. The zero-order chi connectivity index (χ0) is 9.97. The Bertz CT molecular complexity index is 426. The molecule has 0 aliphatic rings. The van der Waals surface area contributed by atoms with E-state index in [9.17, 15) is 0 Å². The number of aryl methyl sites for hydroxylation is 1. The van der Waals surface area contributed by atoms with Gasteiger partial charge >= 0.3 is 0 Å². The zero-order valence-electron chi connectivity index (χ0n) is 7.40. The molecule has 0 unspecified atom stereocenters. The predicted molar refractivity (Wildman–Crippen MR) is 65.6 cm³/mol. The van der Waals surface area contributed by atoms with Crippen LogP contribution in [-0.2, 0) is 0 Å². The summed E-state index contributed by atoms with van der Waals surface area (Å²) in [4.78, 5) is 9.52. The number of aromatic nitrogens is 2. The number of rotatable bonds is 2. The van der Waals surface area contributed by atoms with Crippen molar-refractivity contribution in [3.05, 3.63) is 31.1 Å². The maximum absolute atomic E-state index is 4.38. The van der Waals surface area contributed by atoms with Crippen LogP contribution in [0, 0.1) is 6.92 Å². The lowest BCUT2D eigenvalue weighted by molar-refractivity contribution is 1.24. The Labute approximate surface area is 98.5 Å². The fourth-order valence-electron chi connectivity index (χ4n) is 0.930. The number of nitrogens with zero attached hydrogens (tertiary/aromatic N) is 2. The van der Waals surface area contributed by atoms with Crippen LogP contribution in [0.1, 0.15) is 15.6 Å². The third-order valence-electron chi connectivity index (χ3n) is 1.60. The summed E-state index contributed by atoms with van der Waals surface area (Å²) in [7, 11) is 0. The van der Waals surface area contributed by atoms with E-state index in [4.69, 9.17) is 0 Å². The topological polar surface area (TPSA) is 25.8 Å². The third kappa shape index (κ3) is 2.29. The average molecular weight is 287 g/mol. The highest BCUT2D eigenvalue weighted by molar-refractivity contribution is 9.11. The summed E-state index contributed by atoms with van der Waals surface area (Å²) in [5.41, 5.74) is 2.86. The van der Waals surface area contributed by atoms with Gasteiger partial charge in [0.25, 0.3) is 0 Å². The second kappa shape index (κ2) is 4.33. The molecule has 0 spiro atoms. The van der Waals surface area contributed by atoms with E-state index in [1.807, 2.05) is 30.8 Å². The molecule has 0 saturated heterocycles. The minimum Gasteiger partial charge on any atom is -0.253 e. The summed E-state index contributed by atoms with van der Waals surface area (Å²) in [6.45, 7) is 1.99. The Kier molecular flexibility index (Phi) is 3.10. The summed E-state index contributed by atoms with van der Waals surface area (Å²) in [6.07, 6.45) is 5.88. The number of hydrogen-bond donors (Lipinski definition) is 0. The van der Waals surface area contributed by atoms with Crippen LogP contribution < -0.4 is 0 Å². The van der Waals surface area contributed by atoms with Gasteiger partial charge in [0.05, 0.1) is 15.0 Å². The van der Waals surface area contributed by atoms with Crippen molar-refractivity contribution >= 4 is 50.8 Å². The summed E-state index contributed by atoms with van der Waals surface area (Å²) in [6, 6.07) is 0. The van der Waals surface area contributed by atoms with Crippen molar-refractivity contribution in [2.45, 2.75) is 6.92 Å². The lowest BCUT2D eigenvalue weighted by Gasteiger charge is -1.81. The molecule has 0 fully saturated rings. The molecule has 2 aromatic heterocycles. The monoisotopic (exact) mass is 286 g/mol. The Morgan fingerprint density at radius 2 is 2.29 bits per heavy atom. The molecule has 0 saturated carbocycles. The van der Waals surface area contributed by atoms with E-state index in [-0.39, 0.29) is 0 Å². The molecular weight excluding hydrogens is 280 g/mol. The standard InChI is InChI=1S/C9H7BrN2S2/c1-6-9(10)14-8(12-6)3-2-7-4-11-5-13-7/h2-5H,1H3/b3-2+. The first kappa shape index (κ1) is 10.0. The molecule has 0 bridgehead atoms. The van der Waals surface area contributed by atoms with E-state index in [0.29, 0.717) is 0 Å². The van der Waals surface area contributed by atoms with Crippen LogP contribution in [0.2, 0.25) is 0 Å². The first-order chi connectivity index (χ1) is 6.75. The van der Waals surface area contributed by atoms with Crippen molar-refractivity contribution in [2.24, 2.45) is 0 Å². The van der Waals surface area contributed by atoms with Crippen LogP contribution in [0.15, 0.2) is 15.5 Å². The third-order valence-corrected chi connectivity index (χ3v) is 4.31. The van der Waals surface area contributed by atoms with Crippen LogP contribution in [-0.4, -0.2) is 9.97 Å². The molecule has 2 rings (SSSR count). The Balaban J connectivity index is 2.18. The number of hydrogen-bond acceptors (Lipinski definition) is 4. The highest BCUT2D eigenvalue weighted by atomic mass is 79.9. The smallest absolute Gasteiger partial charge is 0.117 e. The highest BCUT2D eigenvalue weighted by Gasteiger charge is 2.00. The second-order valence-corrected chi connectivity index (χ2v) is 5.91. The molecule has 0 aliphatic heterocycles. The summed E-state index contributed by atoms with van der Waals surface area (Å²) in [5, 5.41) is 1.02. The van der Waals surface area contributed by atoms with Crippen LogP contribution in [0.25, 0.3) is 12.2 Å². The SMILES string of the molecule is Cc1nc(/C=C/c2cncs2)sc1Br. The van der Waals surface area contributed by atoms with Crippen molar-refractivity contribution < 1.29 is 0 Å². The Morgan fingerprint density at radius 3 is 2.86 bits per heavy atom. The van der Waals surface area contributed by atoms with Gasteiger partial charge in [0.1, 0.15) is 5.01 Å². The van der Waals surface area contributed by atoms with E-state index in [1.54, 1.807) is 22.7 Å². The van der Waals surface area contributed by atoms with Gasteiger partial charge < -0.3 is 0 Å². The van der Waals surface area contributed by atoms with E-state index in [2.05, 4.69) is 25.9 Å². The van der Waals surface area contributed by atoms with E-state index in [0.717, 1.165) is 19.4 Å². The molecule has 14 heavy (non-hydrogen) atoms. The maximum atomic E-state index is 4.38. The molecule has 0 radical (unpaired) electrons. The van der Waals surface area contributed by atoms with Crippen LogP contribution in [0.4, 0.5) is 0 Å². The summed E-state index contributed by atoms with van der Waals surface area (Å²) >= 11 is 6.71. The molecule has 0 amide bonds. The number of thiazole rings is 2. The average Bonchev–Trinajstić information content (AvgIpc) is 2.74. The summed E-state index contributed by atoms with van der Waals surface area (Å²) < 4.78 is 1.10. The van der Waals surface area contributed by atoms with Crippen molar-refractivity contribution in [1.82, 2.24) is 9.97 Å². The Hall–Kier alpha value is -0.520. The second-order valence-electron chi connectivity index (χ2n) is 2.65. The first-order valence-electron chi connectivity index (χ1n) is 3.95. The van der Waals surface area contributed by atoms with Crippen LogP contribution in [0.5, 0.6) is 0 Å². The molecule has 0 N–H and O–H groups in total. The number of halogens is 1. The van der Waals surface area contributed by atoms with Gasteiger partial charge in [-0.15, -0.1) is 22.7 Å². The molecule has 0 aromatic carbocycles. The van der Waals surface area contributed by atoms with Gasteiger partial charge in [-0.1, -0.05) is 0 Å². The van der Waals surface area contributed by atoms with Gasteiger partial charge in [0.2, 0.25) is 0 Å². The van der Waals surface area contributed by atoms with E-state index < -0.39 is 0 Å². The van der Waals surface area contributed by atoms with E-state index >= 15 is 0 Å². The maximum Gasteiger partial charge on any atom is 0.117 e. The van der Waals surface area contributed by atoms with Gasteiger partial charge in [-0.2, -0.15) is 0 Å². The van der Waals surface area contributed by atoms with Gasteiger partial charge in [-0.25, -0.2) is 4.98 Å². The largest absolute Gasteiger partial charge is 0.253 e. The first-order valence-corrected chi connectivity index (χ1v) is 6.44. The van der Waals surface area contributed by atoms with E-state index in [1.165, 1.54) is 0 Å². The highest BCUT2D eigenvalue weighted by Crippen LogP contribution is 2.25. The zero-order valence-corrected chi connectivity index (χ0v) is 10.6. The lowest BCUT2D eigenvalue weighted by atomic mass is 10.4. The van der Waals surface area contributed by atoms with Crippen LogP contribution in [0.3, 0.4) is 0 Å². The molecule has 72 valence electrons. The summed E-state index contributed by atoms with van der Waals surface area (Å²) in [5.74, 6) is 0. The molecule has 2 heterocycles. The van der Waals surface area contributed by atoms with Crippen molar-refractivity contribution in [2.75, 3.05) is 0 Å². The normalized spacial score (nSPS) is 11.3. The Morgan fingerprint density at radius 1 is 1.43 bits per heavy atom. The van der Waals surface area contributed by atoms with Crippen molar-refractivity contribution in [3.8, 4) is 0 Å². The fourth-order valence-corrected chi connectivity index (χ4v) is 2.72. The fraction of sp³-hybridized carbons (Fsp3) is 0.111. The van der Waals surface area contributed by atoms with Gasteiger partial charge in [0, 0.05) is 11.1 Å². The molecular formula is C9H7BrN2S2. The van der Waals surface area contributed by atoms with Crippen LogP contribution >= 0.6 is 38.6 Å². The van der Waals surface area contributed by atoms with Crippen molar-refractivity contribution in [1.29, 1.82) is 0 Å². The quantitative estimate of drug-likeness (QED) is 0.838. The molecule has 2 aromatic rings.